The Hall–Kier alpha value is -1.39. The van der Waals surface area contributed by atoms with E-state index in [-0.39, 0.29) is 5.82 Å². The van der Waals surface area contributed by atoms with Crippen LogP contribution in [0.3, 0.4) is 0 Å². The largest absolute Gasteiger partial charge is 0.292 e. The highest BCUT2D eigenvalue weighted by molar-refractivity contribution is 6.30. The Morgan fingerprint density at radius 2 is 2.05 bits per heavy atom. The Bertz CT molecular complexity index is 651. The highest BCUT2D eigenvalue weighted by Crippen LogP contribution is 2.34. The van der Waals surface area contributed by atoms with Crippen molar-refractivity contribution in [2.45, 2.75) is 38.8 Å². The molecule has 1 aromatic carbocycles. The van der Waals surface area contributed by atoms with Crippen LogP contribution in [0.1, 0.15) is 42.6 Å². The van der Waals surface area contributed by atoms with Crippen LogP contribution in [-0.4, -0.2) is 21.2 Å². The fourth-order valence-corrected chi connectivity index (χ4v) is 3.53. The molecule has 0 saturated carbocycles. The predicted octanol–water partition coefficient (Wildman–Crippen LogP) is 4.11. The molecule has 1 saturated heterocycles. The molecule has 1 aromatic heterocycles. The Balaban J connectivity index is 1.84. The Kier molecular flexibility index (Phi) is 4.50. The van der Waals surface area contributed by atoms with Crippen molar-refractivity contribution in [1.82, 2.24) is 14.7 Å². The van der Waals surface area contributed by atoms with E-state index in [2.05, 4.69) is 16.9 Å². The third kappa shape index (κ3) is 2.90. The van der Waals surface area contributed by atoms with Gasteiger partial charge in [-0.15, -0.1) is 0 Å². The number of likely N-dealkylation sites (tertiary alicyclic amines) is 1. The molecular weight excluding hydrogens is 301 g/mol. The molecule has 1 fully saturated rings. The van der Waals surface area contributed by atoms with Crippen molar-refractivity contribution in [2.75, 3.05) is 6.54 Å². The number of aromatic nitrogens is 2. The van der Waals surface area contributed by atoms with Crippen molar-refractivity contribution in [3.05, 3.63) is 52.1 Å². The van der Waals surface area contributed by atoms with Gasteiger partial charge in [0.15, 0.2) is 0 Å². The molecule has 22 heavy (non-hydrogen) atoms. The van der Waals surface area contributed by atoms with Gasteiger partial charge in [-0.2, -0.15) is 5.10 Å². The quantitative estimate of drug-likeness (QED) is 0.845. The summed E-state index contributed by atoms with van der Waals surface area (Å²) in [4.78, 5) is 2.43. The minimum absolute atomic E-state index is 0.183. The van der Waals surface area contributed by atoms with Crippen molar-refractivity contribution in [2.24, 2.45) is 7.05 Å². The van der Waals surface area contributed by atoms with E-state index in [1.807, 2.05) is 19.2 Å². The molecule has 1 atom stereocenters. The van der Waals surface area contributed by atoms with Crippen LogP contribution < -0.4 is 0 Å². The first kappa shape index (κ1) is 15.5. The van der Waals surface area contributed by atoms with Gasteiger partial charge in [0.25, 0.3) is 0 Å². The van der Waals surface area contributed by atoms with Crippen LogP contribution in [0, 0.1) is 5.82 Å². The second-order valence-electron chi connectivity index (χ2n) is 5.87. The van der Waals surface area contributed by atoms with Crippen LogP contribution in [0.25, 0.3) is 0 Å². The molecule has 3 nitrogen and oxygen atoms in total. The number of nitrogens with zero attached hydrogens (tertiary/aromatic N) is 3. The van der Waals surface area contributed by atoms with E-state index in [1.54, 1.807) is 16.8 Å². The van der Waals surface area contributed by atoms with Crippen molar-refractivity contribution in [3.63, 3.8) is 0 Å². The second kappa shape index (κ2) is 6.39. The van der Waals surface area contributed by atoms with E-state index < -0.39 is 0 Å². The molecule has 0 N–H and O–H groups in total. The fourth-order valence-electron chi connectivity index (χ4n) is 3.32. The van der Waals surface area contributed by atoms with Gasteiger partial charge >= 0.3 is 0 Å². The molecule has 118 valence electrons. The highest BCUT2D eigenvalue weighted by Gasteiger charge is 2.28. The number of halogens is 2. The smallest absolute Gasteiger partial charge is 0.131 e. The van der Waals surface area contributed by atoms with Crippen LogP contribution in [0.4, 0.5) is 4.39 Å². The van der Waals surface area contributed by atoms with E-state index in [9.17, 15) is 4.39 Å². The topological polar surface area (TPSA) is 21.1 Å². The van der Waals surface area contributed by atoms with Crippen LogP contribution in [0.5, 0.6) is 0 Å². The van der Waals surface area contributed by atoms with Crippen molar-refractivity contribution in [1.29, 1.82) is 0 Å². The van der Waals surface area contributed by atoms with Gasteiger partial charge in [-0.25, -0.2) is 4.39 Å². The third-order valence-corrected chi connectivity index (χ3v) is 4.94. The number of rotatable bonds is 4. The van der Waals surface area contributed by atoms with Crippen molar-refractivity contribution >= 4 is 11.6 Å². The number of hydrogen-bond donors (Lipinski definition) is 0. The van der Waals surface area contributed by atoms with Gasteiger partial charge in [-0.1, -0.05) is 30.7 Å². The molecule has 1 aliphatic heterocycles. The summed E-state index contributed by atoms with van der Waals surface area (Å²) < 4.78 is 14.9. The molecule has 2 heterocycles. The molecule has 0 aliphatic carbocycles. The first-order chi connectivity index (χ1) is 10.6. The highest BCUT2D eigenvalue weighted by atomic mass is 35.5. The average molecular weight is 322 g/mol. The van der Waals surface area contributed by atoms with E-state index in [0.29, 0.717) is 6.04 Å². The summed E-state index contributed by atoms with van der Waals surface area (Å²) in [6.45, 7) is 3.94. The average Bonchev–Trinajstić information content (AvgIpc) is 3.08. The van der Waals surface area contributed by atoms with Crippen molar-refractivity contribution in [3.8, 4) is 0 Å². The summed E-state index contributed by atoms with van der Waals surface area (Å²) in [6.07, 6.45) is 3.14. The maximum absolute atomic E-state index is 13.1. The Morgan fingerprint density at radius 3 is 2.73 bits per heavy atom. The van der Waals surface area contributed by atoms with Crippen molar-refractivity contribution < 1.29 is 4.39 Å². The summed E-state index contributed by atoms with van der Waals surface area (Å²) >= 11 is 6.41. The Labute approximate surface area is 135 Å². The number of aryl methyl sites for hydroxylation is 2. The fraction of sp³-hybridized carbons (Fsp3) is 0.471. The summed E-state index contributed by atoms with van der Waals surface area (Å²) in [5.74, 6) is -0.183. The van der Waals surface area contributed by atoms with Gasteiger partial charge in [0.1, 0.15) is 11.0 Å². The van der Waals surface area contributed by atoms with Gasteiger partial charge in [-0.3, -0.25) is 9.58 Å². The summed E-state index contributed by atoms with van der Waals surface area (Å²) in [5, 5.41) is 5.21. The molecule has 0 spiro atoms. The van der Waals surface area contributed by atoms with Crippen LogP contribution >= 0.6 is 11.6 Å². The number of hydrogen-bond acceptors (Lipinski definition) is 2. The first-order valence-corrected chi connectivity index (χ1v) is 8.17. The van der Waals surface area contributed by atoms with Crippen LogP contribution in [-0.2, 0) is 20.0 Å². The number of benzene rings is 1. The normalized spacial score (nSPS) is 19.0. The predicted molar refractivity (Wildman–Crippen MR) is 86.4 cm³/mol. The van der Waals surface area contributed by atoms with Gasteiger partial charge in [0, 0.05) is 25.2 Å². The summed E-state index contributed by atoms with van der Waals surface area (Å²) in [5.41, 5.74) is 3.37. The maximum Gasteiger partial charge on any atom is 0.131 e. The van der Waals surface area contributed by atoms with E-state index in [4.69, 9.17) is 11.6 Å². The SMILES string of the molecule is CCc1nn(C)c(Cl)c1CN1CCC[C@H]1c1ccc(F)cc1. The lowest BCUT2D eigenvalue weighted by Crippen LogP contribution is -2.23. The minimum atomic E-state index is -0.183. The van der Waals surface area contributed by atoms with Gasteiger partial charge in [0.2, 0.25) is 0 Å². The van der Waals surface area contributed by atoms with Gasteiger partial charge in [-0.05, 0) is 43.5 Å². The third-order valence-electron chi connectivity index (χ3n) is 4.47. The monoisotopic (exact) mass is 321 g/mol. The van der Waals surface area contributed by atoms with Gasteiger partial charge in [0.05, 0.1) is 5.69 Å². The minimum Gasteiger partial charge on any atom is -0.292 e. The van der Waals surface area contributed by atoms with Crippen LogP contribution in [0.2, 0.25) is 5.15 Å². The summed E-state index contributed by atoms with van der Waals surface area (Å²) in [7, 11) is 1.88. The lowest BCUT2D eigenvalue weighted by Gasteiger charge is -2.25. The molecular formula is C17H21ClFN3. The van der Waals surface area contributed by atoms with Crippen LogP contribution in [0.15, 0.2) is 24.3 Å². The van der Waals surface area contributed by atoms with Gasteiger partial charge < -0.3 is 0 Å². The van der Waals surface area contributed by atoms with E-state index in [1.165, 1.54) is 5.56 Å². The molecule has 0 unspecified atom stereocenters. The van der Waals surface area contributed by atoms with E-state index in [0.717, 1.165) is 48.8 Å². The molecule has 0 amide bonds. The first-order valence-electron chi connectivity index (χ1n) is 7.80. The zero-order chi connectivity index (χ0) is 15.7. The molecule has 5 heteroatoms. The molecule has 0 bridgehead atoms. The zero-order valence-electron chi connectivity index (χ0n) is 13.0. The summed E-state index contributed by atoms with van der Waals surface area (Å²) in [6, 6.07) is 7.20. The lowest BCUT2D eigenvalue weighted by molar-refractivity contribution is 0.248. The molecule has 1 aliphatic rings. The standard InChI is InChI=1S/C17H21ClFN3/c1-3-15-14(17(18)21(2)20-15)11-22-10-4-5-16(22)12-6-8-13(19)9-7-12/h6-9,16H,3-5,10-11H2,1-2H3/t16-/m0/s1. The molecule has 2 aromatic rings. The molecule has 3 rings (SSSR count). The molecule has 0 radical (unpaired) electrons. The zero-order valence-corrected chi connectivity index (χ0v) is 13.8. The maximum atomic E-state index is 13.1. The lowest BCUT2D eigenvalue weighted by atomic mass is 10.0. The second-order valence-corrected chi connectivity index (χ2v) is 6.23. The van der Waals surface area contributed by atoms with E-state index >= 15 is 0 Å². The Morgan fingerprint density at radius 1 is 1.32 bits per heavy atom.